The summed E-state index contributed by atoms with van der Waals surface area (Å²) in [6.45, 7) is -2.85. The van der Waals surface area contributed by atoms with Crippen LogP contribution in [0.5, 0.6) is 5.75 Å². The molecular formula is C12H7Br2ClF2OS. The van der Waals surface area contributed by atoms with Crippen molar-refractivity contribution in [2.24, 2.45) is 0 Å². The lowest BCUT2D eigenvalue weighted by Crippen LogP contribution is -2.05. The number of alkyl halides is 3. The van der Waals surface area contributed by atoms with Crippen LogP contribution >= 0.6 is 54.8 Å². The predicted octanol–water partition coefficient (Wildman–Crippen LogP) is 6.25. The van der Waals surface area contributed by atoms with Crippen LogP contribution in [-0.4, -0.2) is 6.61 Å². The van der Waals surface area contributed by atoms with Crippen LogP contribution in [0, 0.1) is 0 Å². The molecule has 0 fully saturated rings. The highest BCUT2D eigenvalue weighted by molar-refractivity contribution is 9.11. The van der Waals surface area contributed by atoms with E-state index in [4.69, 9.17) is 11.6 Å². The van der Waals surface area contributed by atoms with Crippen LogP contribution in [0.3, 0.4) is 0 Å². The van der Waals surface area contributed by atoms with Gasteiger partial charge in [-0.3, -0.25) is 0 Å². The molecule has 1 aromatic carbocycles. The maximum absolute atomic E-state index is 12.4. The van der Waals surface area contributed by atoms with Crippen molar-refractivity contribution in [2.75, 3.05) is 0 Å². The maximum atomic E-state index is 12.4. The number of halogens is 5. The molecule has 19 heavy (non-hydrogen) atoms. The Bertz CT molecular complexity index is 557. The Labute approximate surface area is 134 Å². The molecule has 1 heterocycles. The standard InChI is InChI=1S/C12H7Br2ClF2OS/c13-10(9-5-7(15)11(14)19-9)6-3-1-2-4-8(6)18-12(16)17/h1-5,10,12H. The van der Waals surface area contributed by atoms with E-state index >= 15 is 0 Å². The number of para-hydroxylation sites is 1. The maximum Gasteiger partial charge on any atom is 0.387 e. The van der Waals surface area contributed by atoms with E-state index in [0.717, 1.165) is 8.66 Å². The SMILES string of the molecule is FC(F)Oc1ccccc1C(Br)c1cc(Cl)c(Br)s1. The zero-order valence-corrected chi connectivity index (χ0v) is 14.0. The summed E-state index contributed by atoms with van der Waals surface area (Å²) in [5.41, 5.74) is 0.633. The number of hydrogen-bond acceptors (Lipinski definition) is 2. The van der Waals surface area contributed by atoms with Gasteiger partial charge in [-0.2, -0.15) is 8.78 Å². The molecule has 102 valence electrons. The molecule has 1 atom stereocenters. The molecule has 0 amide bonds. The molecule has 0 saturated heterocycles. The number of rotatable bonds is 4. The van der Waals surface area contributed by atoms with Gasteiger partial charge in [-0.25, -0.2) is 0 Å². The zero-order chi connectivity index (χ0) is 14.0. The quantitative estimate of drug-likeness (QED) is 0.519. The van der Waals surface area contributed by atoms with Gasteiger partial charge in [0, 0.05) is 10.4 Å². The van der Waals surface area contributed by atoms with Crippen molar-refractivity contribution in [3.8, 4) is 5.75 Å². The van der Waals surface area contributed by atoms with Gasteiger partial charge in [-0.05, 0) is 28.1 Å². The molecule has 1 nitrogen and oxygen atoms in total. The molecule has 1 unspecified atom stereocenters. The molecule has 0 N–H and O–H groups in total. The molecular weight excluding hydrogens is 425 g/mol. The highest BCUT2D eigenvalue weighted by Gasteiger charge is 2.20. The van der Waals surface area contributed by atoms with E-state index in [1.54, 1.807) is 24.3 Å². The van der Waals surface area contributed by atoms with Gasteiger partial charge in [-0.1, -0.05) is 45.7 Å². The fourth-order valence-corrected chi connectivity index (χ4v) is 4.07. The average Bonchev–Trinajstić information content (AvgIpc) is 2.69. The van der Waals surface area contributed by atoms with Crippen LogP contribution in [0.25, 0.3) is 0 Å². The largest absolute Gasteiger partial charge is 0.434 e. The van der Waals surface area contributed by atoms with Crippen molar-refractivity contribution in [1.29, 1.82) is 0 Å². The molecule has 0 bridgehead atoms. The van der Waals surface area contributed by atoms with E-state index in [1.807, 2.05) is 0 Å². The van der Waals surface area contributed by atoms with Gasteiger partial charge >= 0.3 is 6.61 Å². The molecule has 0 aliphatic carbocycles. The van der Waals surface area contributed by atoms with Crippen molar-refractivity contribution < 1.29 is 13.5 Å². The number of benzene rings is 1. The van der Waals surface area contributed by atoms with Crippen molar-refractivity contribution in [2.45, 2.75) is 11.4 Å². The second kappa shape index (κ2) is 6.52. The minimum atomic E-state index is -2.85. The molecule has 2 aromatic rings. The van der Waals surface area contributed by atoms with Crippen LogP contribution in [0.1, 0.15) is 15.3 Å². The summed E-state index contributed by atoms with van der Waals surface area (Å²) in [4.78, 5) is 0.651. The Hall–Kier alpha value is -0.170. The van der Waals surface area contributed by atoms with Crippen LogP contribution in [0.4, 0.5) is 8.78 Å². The monoisotopic (exact) mass is 430 g/mol. The summed E-state index contributed by atoms with van der Waals surface area (Å²) in [7, 11) is 0. The van der Waals surface area contributed by atoms with Crippen molar-refractivity contribution >= 4 is 54.8 Å². The van der Waals surface area contributed by atoms with Crippen molar-refractivity contribution in [3.63, 3.8) is 0 Å². The minimum absolute atomic E-state index is 0.153. The van der Waals surface area contributed by atoms with Gasteiger partial charge in [0.1, 0.15) is 5.75 Å². The lowest BCUT2D eigenvalue weighted by atomic mass is 10.1. The van der Waals surface area contributed by atoms with Gasteiger partial charge in [0.25, 0.3) is 0 Å². The summed E-state index contributed by atoms with van der Waals surface area (Å²) >= 11 is 14.2. The number of thiophene rings is 1. The summed E-state index contributed by atoms with van der Waals surface area (Å²) in [6, 6.07) is 8.46. The second-order valence-corrected chi connectivity index (χ2v) is 7.27. The first-order valence-corrected chi connectivity index (χ1v) is 8.02. The molecule has 7 heteroatoms. The molecule has 0 radical (unpaired) electrons. The van der Waals surface area contributed by atoms with Gasteiger partial charge in [0.05, 0.1) is 13.6 Å². The third kappa shape index (κ3) is 3.68. The highest BCUT2D eigenvalue weighted by atomic mass is 79.9. The van der Waals surface area contributed by atoms with E-state index in [0.29, 0.717) is 10.6 Å². The lowest BCUT2D eigenvalue weighted by molar-refractivity contribution is -0.0503. The van der Waals surface area contributed by atoms with Gasteiger partial charge < -0.3 is 4.74 Å². The Kier molecular flexibility index (Phi) is 5.22. The van der Waals surface area contributed by atoms with Crippen LogP contribution in [-0.2, 0) is 0 Å². The van der Waals surface area contributed by atoms with Gasteiger partial charge in [-0.15, -0.1) is 11.3 Å². The van der Waals surface area contributed by atoms with E-state index in [9.17, 15) is 8.78 Å². The Morgan fingerprint density at radius 3 is 2.53 bits per heavy atom. The predicted molar refractivity (Wildman–Crippen MR) is 80.9 cm³/mol. The fourth-order valence-electron chi connectivity index (χ4n) is 1.53. The number of ether oxygens (including phenoxy) is 1. The van der Waals surface area contributed by atoms with E-state index < -0.39 is 6.61 Å². The highest BCUT2D eigenvalue weighted by Crippen LogP contribution is 2.43. The topological polar surface area (TPSA) is 9.23 Å². The Morgan fingerprint density at radius 2 is 1.95 bits per heavy atom. The first-order chi connectivity index (χ1) is 8.99. The molecule has 0 saturated carbocycles. The first-order valence-electron chi connectivity index (χ1n) is 5.11. The van der Waals surface area contributed by atoms with Gasteiger partial charge in [0.15, 0.2) is 0 Å². The third-order valence-corrected chi connectivity index (χ3v) is 6.15. The van der Waals surface area contributed by atoms with Crippen LogP contribution in [0.15, 0.2) is 34.1 Å². The Balaban J connectivity index is 2.35. The smallest absolute Gasteiger partial charge is 0.387 e. The summed E-state index contributed by atoms with van der Waals surface area (Å²) in [6.07, 6.45) is 0. The summed E-state index contributed by atoms with van der Waals surface area (Å²) < 4.78 is 30.1. The van der Waals surface area contributed by atoms with Crippen molar-refractivity contribution in [3.05, 3.63) is 49.6 Å². The molecule has 0 spiro atoms. The van der Waals surface area contributed by atoms with E-state index in [-0.39, 0.29) is 10.6 Å². The molecule has 0 aliphatic rings. The van der Waals surface area contributed by atoms with E-state index in [1.165, 1.54) is 17.4 Å². The summed E-state index contributed by atoms with van der Waals surface area (Å²) in [5.74, 6) is 0.153. The normalized spacial score (nSPS) is 12.7. The molecule has 0 aliphatic heterocycles. The second-order valence-electron chi connectivity index (χ2n) is 3.55. The molecule has 2 rings (SSSR count). The average molecular weight is 433 g/mol. The minimum Gasteiger partial charge on any atom is -0.434 e. The van der Waals surface area contributed by atoms with Gasteiger partial charge in [0.2, 0.25) is 0 Å². The first kappa shape index (κ1) is 15.2. The lowest BCUT2D eigenvalue weighted by Gasteiger charge is -2.14. The number of hydrogen-bond donors (Lipinski definition) is 0. The van der Waals surface area contributed by atoms with Crippen LogP contribution < -0.4 is 4.74 Å². The van der Waals surface area contributed by atoms with E-state index in [2.05, 4.69) is 36.6 Å². The Morgan fingerprint density at radius 1 is 1.26 bits per heavy atom. The van der Waals surface area contributed by atoms with Crippen LogP contribution in [0.2, 0.25) is 5.02 Å². The summed E-state index contributed by atoms with van der Waals surface area (Å²) in [5, 5.41) is 0.594. The van der Waals surface area contributed by atoms with Crippen molar-refractivity contribution in [1.82, 2.24) is 0 Å². The third-order valence-electron chi connectivity index (χ3n) is 2.32. The fraction of sp³-hybridized carbons (Fsp3) is 0.167. The zero-order valence-electron chi connectivity index (χ0n) is 9.25. The molecule has 1 aromatic heterocycles.